The molecule has 0 spiro atoms. The summed E-state index contributed by atoms with van der Waals surface area (Å²) >= 11 is 0. The van der Waals surface area contributed by atoms with Crippen LogP contribution in [-0.4, -0.2) is 27.9 Å². The predicted molar refractivity (Wildman–Crippen MR) is 90.7 cm³/mol. The van der Waals surface area contributed by atoms with Crippen molar-refractivity contribution >= 4 is 9.84 Å². The highest BCUT2D eigenvalue weighted by Crippen LogP contribution is 2.20. The summed E-state index contributed by atoms with van der Waals surface area (Å²) in [4.78, 5) is 12.3. The Labute approximate surface area is 141 Å². The van der Waals surface area contributed by atoms with Crippen molar-refractivity contribution in [3.63, 3.8) is 0 Å². The number of aryl methyl sites for hydroxylation is 3. The molecule has 7 heteroatoms. The van der Waals surface area contributed by atoms with E-state index in [1.54, 1.807) is 23.9 Å². The Bertz CT molecular complexity index is 956. The number of benzene rings is 1. The van der Waals surface area contributed by atoms with Crippen molar-refractivity contribution < 1.29 is 8.42 Å². The molecule has 24 heavy (non-hydrogen) atoms. The van der Waals surface area contributed by atoms with Crippen LogP contribution in [0.1, 0.15) is 22.5 Å². The fourth-order valence-corrected chi connectivity index (χ4v) is 3.91. The van der Waals surface area contributed by atoms with Crippen LogP contribution in [0.5, 0.6) is 0 Å². The Morgan fingerprint density at radius 1 is 0.958 bits per heavy atom. The van der Waals surface area contributed by atoms with Gasteiger partial charge in [-0.2, -0.15) is 0 Å². The zero-order valence-corrected chi connectivity index (χ0v) is 14.6. The molecule has 0 N–H and O–H groups in total. The van der Waals surface area contributed by atoms with Crippen molar-refractivity contribution in [3.8, 4) is 5.69 Å². The first-order valence-corrected chi connectivity index (χ1v) is 9.13. The molecule has 0 aliphatic heterocycles. The molecule has 0 radical (unpaired) electrons. The number of nitrogens with zero attached hydrogens (tertiary/aromatic N) is 4. The van der Waals surface area contributed by atoms with Crippen molar-refractivity contribution in [2.24, 2.45) is 0 Å². The number of hydrogen-bond acceptors (Lipinski definition) is 5. The highest BCUT2D eigenvalue weighted by Gasteiger charge is 2.23. The van der Waals surface area contributed by atoms with Crippen LogP contribution in [0.15, 0.2) is 48.1 Å². The molecule has 0 aliphatic rings. The lowest BCUT2D eigenvalue weighted by Crippen LogP contribution is -2.13. The largest absolute Gasteiger partial charge is 0.291 e. The average Bonchev–Trinajstić information content (AvgIpc) is 2.99. The molecule has 0 fully saturated rings. The minimum absolute atomic E-state index is 0.00914. The van der Waals surface area contributed by atoms with Crippen LogP contribution >= 0.6 is 0 Å². The summed E-state index contributed by atoms with van der Waals surface area (Å²) in [5.41, 5.74) is 4.04. The third-order valence-corrected chi connectivity index (χ3v) is 5.08. The van der Waals surface area contributed by atoms with Crippen molar-refractivity contribution in [2.75, 3.05) is 0 Å². The monoisotopic (exact) mass is 342 g/mol. The van der Waals surface area contributed by atoms with Crippen molar-refractivity contribution in [2.45, 2.75) is 31.7 Å². The third-order valence-electron chi connectivity index (χ3n) is 3.54. The molecule has 0 bridgehead atoms. The molecular formula is C17H18N4O2S. The first kappa shape index (κ1) is 16.3. The van der Waals surface area contributed by atoms with E-state index in [4.69, 9.17) is 0 Å². The van der Waals surface area contributed by atoms with Crippen LogP contribution in [0, 0.1) is 20.8 Å². The Balaban J connectivity index is 2.01. The highest BCUT2D eigenvalue weighted by molar-refractivity contribution is 7.90. The fraction of sp³-hybridized carbons (Fsp3) is 0.235. The first-order valence-electron chi connectivity index (χ1n) is 7.47. The van der Waals surface area contributed by atoms with Crippen molar-refractivity contribution in [1.82, 2.24) is 19.5 Å². The van der Waals surface area contributed by atoms with Gasteiger partial charge in [-0.25, -0.2) is 13.4 Å². The van der Waals surface area contributed by atoms with Gasteiger partial charge in [0.15, 0.2) is 0 Å². The highest BCUT2D eigenvalue weighted by atomic mass is 32.2. The summed E-state index contributed by atoms with van der Waals surface area (Å²) in [6.45, 7) is 5.76. The van der Waals surface area contributed by atoms with Crippen molar-refractivity contribution in [3.05, 3.63) is 65.5 Å². The lowest BCUT2D eigenvalue weighted by Gasteiger charge is -2.10. The molecule has 3 aromatic rings. The summed E-state index contributed by atoms with van der Waals surface area (Å²) in [7, 11) is -3.64. The molecule has 0 unspecified atom stereocenters. The molecular weight excluding hydrogens is 324 g/mol. The topological polar surface area (TPSA) is 77.7 Å². The summed E-state index contributed by atoms with van der Waals surface area (Å²) in [5.74, 6) is -0.234. The van der Waals surface area contributed by atoms with E-state index in [0.29, 0.717) is 5.69 Å². The van der Waals surface area contributed by atoms with Gasteiger partial charge in [0.2, 0.25) is 15.0 Å². The minimum Gasteiger partial charge on any atom is -0.291 e. The van der Waals surface area contributed by atoms with Crippen LogP contribution in [0.4, 0.5) is 0 Å². The molecule has 1 aromatic carbocycles. The summed E-state index contributed by atoms with van der Waals surface area (Å²) in [6.07, 6.45) is 6.19. The molecule has 124 valence electrons. The van der Waals surface area contributed by atoms with E-state index in [1.165, 1.54) is 12.4 Å². The molecule has 2 heterocycles. The van der Waals surface area contributed by atoms with Crippen LogP contribution in [0.3, 0.4) is 0 Å². The Hall–Kier alpha value is -2.54. The minimum atomic E-state index is -3.64. The van der Waals surface area contributed by atoms with Gasteiger partial charge in [0.25, 0.3) is 0 Å². The molecule has 2 aromatic heterocycles. The fourth-order valence-electron chi connectivity index (χ4n) is 2.56. The van der Waals surface area contributed by atoms with E-state index in [9.17, 15) is 8.42 Å². The molecule has 0 aliphatic carbocycles. The molecule has 0 atom stereocenters. The third kappa shape index (κ3) is 3.35. The number of imidazole rings is 1. The van der Waals surface area contributed by atoms with Gasteiger partial charge in [0.05, 0.1) is 11.4 Å². The Morgan fingerprint density at radius 3 is 2.29 bits per heavy atom. The zero-order chi connectivity index (χ0) is 17.3. The van der Waals surface area contributed by atoms with Gasteiger partial charge in [-0.05, 0) is 44.0 Å². The van der Waals surface area contributed by atoms with E-state index in [1.807, 2.05) is 32.0 Å². The van der Waals surface area contributed by atoms with Gasteiger partial charge < -0.3 is 0 Å². The van der Waals surface area contributed by atoms with Gasteiger partial charge in [-0.3, -0.25) is 14.5 Å². The normalized spacial score (nSPS) is 11.6. The van der Waals surface area contributed by atoms with Crippen LogP contribution in [0.2, 0.25) is 0 Å². The van der Waals surface area contributed by atoms with Crippen molar-refractivity contribution in [1.29, 1.82) is 0 Å². The van der Waals surface area contributed by atoms with Crippen LogP contribution in [-0.2, 0) is 15.6 Å². The van der Waals surface area contributed by atoms with Gasteiger partial charge >= 0.3 is 0 Å². The van der Waals surface area contributed by atoms with Gasteiger partial charge in [-0.1, -0.05) is 6.07 Å². The molecule has 0 saturated carbocycles. The summed E-state index contributed by atoms with van der Waals surface area (Å²) < 4.78 is 27.1. The maximum absolute atomic E-state index is 12.8. The lowest BCUT2D eigenvalue weighted by atomic mass is 10.1. The Kier molecular flexibility index (Phi) is 4.19. The number of aromatic nitrogens is 4. The summed E-state index contributed by atoms with van der Waals surface area (Å²) in [6, 6.07) is 5.90. The Morgan fingerprint density at radius 2 is 1.67 bits per heavy atom. The smallest absolute Gasteiger partial charge is 0.232 e. The summed E-state index contributed by atoms with van der Waals surface area (Å²) in [5, 5.41) is 0.00914. The maximum atomic E-state index is 12.8. The average molecular weight is 342 g/mol. The second kappa shape index (κ2) is 6.16. The quantitative estimate of drug-likeness (QED) is 0.728. The SMILES string of the molecule is Cc1cc(C)cc(-n2ccnc2S(=O)(=O)Cc2cnc(C)cn2)c1. The number of hydrogen-bond donors (Lipinski definition) is 0. The van der Waals surface area contributed by atoms with Crippen LogP contribution in [0.25, 0.3) is 5.69 Å². The van der Waals surface area contributed by atoms with E-state index >= 15 is 0 Å². The molecule has 6 nitrogen and oxygen atoms in total. The number of rotatable bonds is 4. The van der Waals surface area contributed by atoms with Gasteiger partial charge in [0.1, 0.15) is 5.75 Å². The van der Waals surface area contributed by atoms with Gasteiger partial charge in [0, 0.05) is 30.5 Å². The maximum Gasteiger partial charge on any atom is 0.232 e. The van der Waals surface area contributed by atoms with E-state index in [2.05, 4.69) is 15.0 Å². The predicted octanol–water partition coefficient (Wildman–Crippen LogP) is 2.56. The number of sulfone groups is 1. The standard InChI is InChI=1S/C17H18N4O2S/c1-12-6-13(2)8-16(7-12)21-5-4-18-17(21)24(22,23)11-15-10-19-14(3)9-20-15/h4-10H,11H2,1-3H3. The van der Waals surface area contributed by atoms with Gasteiger partial charge in [-0.15, -0.1) is 0 Å². The second-order valence-electron chi connectivity index (χ2n) is 5.83. The molecule has 0 saturated heterocycles. The van der Waals surface area contributed by atoms with E-state index < -0.39 is 9.84 Å². The lowest BCUT2D eigenvalue weighted by molar-refractivity contribution is 0.582. The van der Waals surface area contributed by atoms with Crippen LogP contribution < -0.4 is 0 Å². The molecule has 0 amide bonds. The zero-order valence-electron chi connectivity index (χ0n) is 13.8. The first-order chi connectivity index (χ1) is 11.3. The second-order valence-corrected chi connectivity index (χ2v) is 7.72. The van der Waals surface area contributed by atoms with E-state index in [-0.39, 0.29) is 10.9 Å². The molecule has 3 rings (SSSR count). The van der Waals surface area contributed by atoms with E-state index in [0.717, 1.165) is 22.5 Å².